The average Bonchev–Trinajstić information content (AvgIpc) is 2.93. The van der Waals surface area contributed by atoms with Gasteiger partial charge < -0.3 is 9.67 Å². The van der Waals surface area contributed by atoms with Gasteiger partial charge in [0.25, 0.3) is 0 Å². The first-order valence-corrected chi connectivity index (χ1v) is 9.48. The number of aromatic carboxylic acids is 1. The van der Waals surface area contributed by atoms with Crippen LogP contribution in [0.4, 0.5) is 0 Å². The van der Waals surface area contributed by atoms with Crippen molar-refractivity contribution in [1.82, 2.24) is 4.57 Å². The summed E-state index contributed by atoms with van der Waals surface area (Å²) in [5, 5.41) is 19.1. The Labute approximate surface area is 163 Å². The maximum absolute atomic E-state index is 11.7. The molecule has 136 valence electrons. The van der Waals surface area contributed by atoms with Gasteiger partial charge in [-0.2, -0.15) is 5.26 Å². The summed E-state index contributed by atoms with van der Waals surface area (Å²) in [5.41, 5.74) is 3.72. The van der Waals surface area contributed by atoms with E-state index in [1.807, 2.05) is 36.4 Å². The zero-order valence-electron chi connectivity index (χ0n) is 15.5. The summed E-state index contributed by atoms with van der Waals surface area (Å²) in [7, 11) is 1.68. The van der Waals surface area contributed by atoms with Crippen LogP contribution in [0.1, 0.15) is 34.2 Å². The van der Waals surface area contributed by atoms with Gasteiger partial charge in [-0.05, 0) is 42.7 Å². The molecule has 1 heterocycles. The van der Waals surface area contributed by atoms with E-state index >= 15 is 0 Å². The normalized spacial score (nSPS) is 10.6. The van der Waals surface area contributed by atoms with Gasteiger partial charge in [-0.3, -0.25) is 0 Å². The Morgan fingerprint density at radius 2 is 1.85 bits per heavy atom. The number of nitrogens with zero attached hydrogens (tertiary/aromatic N) is 2. The zero-order chi connectivity index (χ0) is 19.6. The molecule has 3 aromatic rings. The molecule has 0 atom stereocenters. The smallest absolute Gasteiger partial charge is 0.353 e. The minimum atomic E-state index is -1.03. The Kier molecular flexibility index (Phi) is 5.38. The van der Waals surface area contributed by atoms with Crippen LogP contribution in [0.5, 0.6) is 0 Å². The highest BCUT2D eigenvalue weighted by molar-refractivity contribution is 7.99. The van der Waals surface area contributed by atoms with E-state index in [2.05, 4.69) is 25.1 Å². The third-order valence-corrected chi connectivity index (χ3v) is 5.85. The van der Waals surface area contributed by atoms with Gasteiger partial charge in [0.1, 0.15) is 11.8 Å². The van der Waals surface area contributed by atoms with Crippen LogP contribution in [0.3, 0.4) is 0 Å². The fraction of sp³-hybridized carbons (Fsp3) is 0.182. The number of carboxylic acids is 1. The Bertz CT molecular complexity index is 1040. The Morgan fingerprint density at radius 3 is 2.44 bits per heavy atom. The van der Waals surface area contributed by atoms with E-state index in [0.717, 1.165) is 16.9 Å². The van der Waals surface area contributed by atoms with Gasteiger partial charge in [-0.15, -0.1) is 0 Å². The second-order valence-corrected chi connectivity index (χ2v) is 7.36. The summed E-state index contributed by atoms with van der Waals surface area (Å²) >= 11 is 1.68. The molecule has 2 aromatic carbocycles. The molecule has 5 heteroatoms. The number of aryl methyl sites for hydroxylation is 1. The summed E-state index contributed by atoms with van der Waals surface area (Å²) in [6, 6.07) is 18.2. The molecule has 1 N–H and O–H groups in total. The molecular weight excluding hydrogens is 356 g/mol. The quantitative estimate of drug-likeness (QED) is 0.657. The van der Waals surface area contributed by atoms with Crippen LogP contribution in [0.15, 0.2) is 58.3 Å². The molecule has 0 aliphatic carbocycles. The summed E-state index contributed by atoms with van der Waals surface area (Å²) < 4.78 is 1.57. The molecule has 0 spiro atoms. The third-order valence-electron chi connectivity index (χ3n) is 4.73. The Morgan fingerprint density at radius 1 is 1.19 bits per heavy atom. The maximum Gasteiger partial charge on any atom is 0.353 e. The molecule has 0 aliphatic heterocycles. The monoisotopic (exact) mass is 376 g/mol. The standard InChI is InChI=1S/C22H20N2O2S/c1-4-15-7-5-6-8-19(15)27-17-11-9-16(10-12-17)20-18(13-23)14(2)24(3)21(20)22(25)26/h5-12H,4H2,1-3H3,(H,25,26). The number of rotatable bonds is 5. The van der Waals surface area contributed by atoms with E-state index in [1.54, 1.807) is 30.3 Å². The number of aromatic nitrogens is 1. The van der Waals surface area contributed by atoms with E-state index in [9.17, 15) is 15.2 Å². The summed E-state index contributed by atoms with van der Waals surface area (Å²) in [6.07, 6.45) is 0.970. The van der Waals surface area contributed by atoms with Crippen molar-refractivity contribution in [1.29, 1.82) is 5.26 Å². The van der Waals surface area contributed by atoms with Gasteiger partial charge in [0.15, 0.2) is 0 Å². The van der Waals surface area contributed by atoms with Crippen molar-refractivity contribution in [2.75, 3.05) is 0 Å². The second-order valence-electron chi connectivity index (χ2n) is 6.25. The molecule has 0 saturated heterocycles. The molecule has 0 saturated carbocycles. The van der Waals surface area contributed by atoms with Crippen molar-refractivity contribution in [2.24, 2.45) is 7.05 Å². The lowest BCUT2D eigenvalue weighted by Gasteiger charge is -2.08. The van der Waals surface area contributed by atoms with Crippen LogP contribution in [0.25, 0.3) is 11.1 Å². The molecule has 0 radical (unpaired) electrons. The molecule has 0 amide bonds. The maximum atomic E-state index is 11.7. The van der Waals surface area contributed by atoms with E-state index < -0.39 is 5.97 Å². The van der Waals surface area contributed by atoms with Gasteiger partial charge in [0, 0.05) is 28.1 Å². The SMILES string of the molecule is CCc1ccccc1Sc1ccc(-c2c(C#N)c(C)n(C)c2C(=O)O)cc1. The number of benzene rings is 2. The van der Waals surface area contributed by atoms with Crippen LogP contribution >= 0.6 is 11.8 Å². The molecule has 0 bridgehead atoms. The molecular formula is C22H20N2O2S. The fourth-order valence-electron chi connectivity index (χ4n) is 3.18. The lowest BCUT2D eigenvalue weighted by molar-refractivity contribution is 0.0687. The molecule has 1 aromatic heterocycles. The molecule has 0 aliphatic rings. The summed E-state index contributed by atoms with van der Waals surface area (Å²) in [4.78, 5) is 14.0. The lowest BCUT2D eigenvalue weighted by Crippen LogP contribution is -2.06. The van der Waals surface area contributed by atoms with Crippen molar-refractivity contribution in [2.45, 2.75) is 30.1 Å². The predicted molar refractivity (Wildman–Crippen MR) is 107 cm³/mol. The first-order valence-electron chi connectivity index (χ1n) is 8.66. The van der Waals surface area contributed by atoms with Crippen LogP contribution in [-0.4, -0.2) is 15.6 Å². The number of carbonyl (C=O) groups is 1. The van der Waals surface area contributed by atoms with Crippen LogP contribution in [-0.2, 0) is 13.5 Å². The molecule has 3 rings (SSSR count). The number of hydrogen-bond donors (Lipinski definition) is 1. The Balaban J connectivity index is 2.01. The minimum absolute atomic E-state index is 0.140. The average molecular weight is 376 g/mol. The van der Waals surface area contributed by atoms with Crippen LogP contribution in [0, 0.1) is 18.3 Å². The fourth-order valence-corrected chi connectivity index (χ4v) is 4.20. The highest BCUT2D eigenvalue weighted by atomic mass is 32.2. The minimum Gasteiger partial charge on any atom is -0.477 e. The van der Waals surface area contributed by atoms with Crippen LogP contribution in [0.2, 0.25) is 0 Å². The summed E-state index contributed by atoms with van der Waals surface area (Å²) in [5.74, 6) is -1.03. The van der Waals surface area contributed by atoms with Crippen LogP contribution < -0.4 is 0 Å². The topological polar surface area (TPSA) is 66.0 Å². The van der Waals surface area contributed by atoms with Gasteiger partial charge in [0.05, 0.1) is 5.56 Å². The molecule has 27 heavy (non-hydrogen) atoms. The molecule has 0 unspecified atom stereocenters. The van der Waals surface area contributed by atoms with E-state index in [0.29, 0.717) is 16.8 Å². The molecule has 0 fully saturated rings. The van der Waals surface area contributed by atoms with Gasteiger partial charge in [-0.25, -0.2) is 4.79 Å². The van der Waals surface area contributed by atoms with Crippen molar-refractivity contribution in [3.8, 4) is 17.2 Å². The van der Waals surface area contributed by atoms with E-state index in [4.69, 9.17) is 0 Å². The van der Waals surface area contributed by atoms with Crippen molar-refractivity contribution >= 4 is 17.7 Å². The van der Waals surface area contributed by atoms with E-state index in [1.165, 1.54) is 10.5 Å². The van der Waals surface area contributed by atoms with Gasteiger partial charge in [0.2, 0.25) is 0 Å². The van der Waals surface area contributed by atoms with Crippen molar-refractivity contribution in [3.63, 3.8) is 0 Å². The first kappa shape index (κ1) is 18.8. The highest BCUT2D eigenvalue weighted by Gasteiger charge is 2.24. The highest BCUT2D eigenvalue weighted by Crippen LogP contribution is 2.35. The molecule has 4 nitrogen and oxygen atoms in total. The number of carboxylic acid groups (broad SMARTS) is 1. The lowest BCUT2D eigenvalue weighted by atomic mass is 10.0. The number of nitriles is 1. The van der Waals surface area contributed by atoms with E-state index in [-0.39, 0.29) is 5.69 Å². The Hall–Kier alpha value is -2.97. The van der Waals surface area contributed by atoms with Crippen molar-refractivity contribution in [3.05, 3.63) is 71.0 Å². The largest absolute Gasteiger partial charge is 0.477 e. The van der Waals surface area contributed by atoms with Crippen molar-refractivity contribution < 1.29 is 9.90 Å². The number of hydrogen-bond acceptors (Lipinski definition) is 3. The third kappa shape index (κ3) is 3.49. The summed E-state index contributed by atoms with van der Waals surface area (Å²) in [6.45, 7) is 3.90. The predicted octanol–water partition coefficient (Wildman–Crippen LogP) is 5.28. The zero-order valence-corrected chi connectivity index (χ0v) is 16.3. The van der Waals surface area contributed by atoms with Gasteiger partial charge >= 0.3 is 5.97 Å². The van der Waals surface area contributed by atoms with Gasteiger partial charge in [-0.1, -0.05) is 49.0 Å². The second kappa shape index (κ2) is 7.73. The first-order chi connectivity index (χ1) is 13.0.